The van der Waals surface area contributed by atoms with Gasteiger partial charge in [0.25, 0.3) is 5.91 Å². The summed E-state index contributed by atoms with van der Waals surface area (Å²) in [6.07, 6.45) is 4.39. The number of hydrogen-bond donors (Lipinski definition) is 1. The monoisotopic (exact) mass is 126 g/mol. The molecule has 2 N–H and O–H groups in total. The van der Waals surface area contributed by atoms with Crippen molar-refractivity contribution >= 4 is 5.91 Å². The van der Waals surface area contributed by atoms with Crippen molar-refractivity contribution in [2.45, 2.75) is 0 Å². The fourth-order valence-corrected chi connectivity index (χ4v) is 0.268. The van der Waals surface area contributed by atoms with Gasteiger partial charge in [0.1, 0.15) is 0 Å². The summed E-state index contributed by atoms with van der Waals surface area (Å²) in [4.78, 5) is 10.6. The van der Waals surface area contributed by atoms with Gasteiger partial charge in [-0.15, -0.1) is 0 Å². The third-order valence-electron chi connectivity index (χ3n) is 0.723. The first-order chi connectivity index (χ1) is 4.18. The SMILES string of the molecule is C=C/C=C\C(=O)N(C)N. The average molecular weight is 126 g/mol. The van der Waals surface area contributed by atoms with E-state index in [1.54, 1.807) is 0 Å². The molecule has 3 heteroatoms. The maximum atomic E-state index is 10.6. The summed E-state index contributed by atoms with van der Waals surface area (Å²) in [6, 6.07) is 0. The van der Waals surface area contributed by atoms with Crippen molar-refractivity contribution in [1.82, 2.24) is 5.01 Å². The molecule has 0 unspecified atom stereocenters. The van der Waals surface area contributed by atoms with Crippen LogP contribution < -0.4 is 5.84 Å². The van der Waals surface area contributed by atoms with Crippen molar-refractivity contribution in [1.29, 1.82) is 0 Å². The van der Waals surface area contributed by atoms with Crippen molar-refractivity contribution in [3.05, 3.63) is 24.8 Å². The molecule has 0 aliphatic heterocycles. The molecule has 0 aromatic carbocycles. The maximum absolute atomic E-state index is 10.6. The van der Waals surface area contributed by atoms with Gasteiger partial charge in [-0.3, -0.25) is 9.80 Å². The van der Waals surface area contributed by atoms with Crippen LogP contribution >= 0.6 is 0 Å². The van der Waals surface area contributed by atoms with Crippen LogP contribution in [0, 0.1) is 0 Å². The number of likely N-dealkylation sites (N-methyl/N-ethyl adjacent to an activating group) is 1. The summed E-state index contributed by atoms with van der Waals surface area (Å²) in [5.74, 6) is 4.83. The molecule has 0 atom stereocenters. The molecule has 0 bridgehead atoms. The van der Waals surface area contributed by atoms with Gasteiger partial charge >= 0.3 is 0 Å². The second kappa shape index (κ2) is 3.86. The topological polar surface area (TPSA) is 46.3 Å². The fourth-order valence-electron chi connectivity index (χ4n) is 0.268. The minimum absolute atomic E-state index is 0.241. The highest BCUT2D eigenvalue weighted by molar-refractivity contribution is 5.87. The maximum Gasteiger partial charge on any atom is 0.260 e. The Morgan fingerprint density at radius 3 is 2.67 bits per heavy atom. The molecule has 0 fully saturated rings. The lowest BCUT2D eigenvalue weighted by Crippen LogP contribution is -2.31. The van der Waals surface area contributed by atoms with Gasteiger partial charge in [0.15, 0.2) is 0 Å². The molecule has 0 saturated carbocycles. The predicted molar refractivity (Wildman–Crippen MR) is 36.3 cm³/mol. The Morgan fingerprint density at radius 2 is 2.33 bits per heavy atom. The van der Waals surface area contributed by atoms with Gasteiger partial charge in [-0.2, -0.15) is 0 Å². The van der Waals surface area contributed by atoms with E-state index in [1.807, 2.05) is 0 Å². The highest BCUT2D eigenvalue weighted by atomic mass is 16.2. The van der Waals surface area contributed by atoms with Crippen LogP contribution in [-0.2, 0) is 4.79 Å². The fraction of sp³-hybridized carbons (Fsp3) is 0.167. The second-order valence-electron chi connectivity index (χ2n) is 1.54. The van der Waals surface area contributed by atoms with Crippen LogP contribution in [-0.4, -0.2) is 18.0 Å². The second-order valence-corrected chi connectivity index (χ2v) is 1.54. The van der Waals surface area contributed by atoms with Crippen LogP contribution in [0.15, 0.2) is 24.8 Å². The number of nitrogens with two attached hydrogens (primary N) is 1. The average Bonchev–Trinajstić information content (AvgIpc) is 1.82. The number of allylic oxidation sites excluding steroid dienone is 2. The molecule has 0 heterocycles. The van der Waals surface area contributed by atoms with Crippen molar-refractivity contribution in [2.75, 3.05) is 7.05 Å². The smallest absolute Gasteiger partial charge is 0.260 e. The quantitative estimate of drug-likeness (QED) is 0.187. The Balaban J connectivity index is 3.76. The molecule has 0 aliphatic rings. The standard InChI is InChI=1S/C6H10N2O/c1-3-4-5-6(9)8(2)7/h3-5H,1,7H2,2H3/b5-4-. The van der Waals surface area contributed by atoms with Crippen LogP contribution in [0.4, 0.5) is 0 Å². The first kappa shape index (κ1) is 7.91. The van der Waals surface area contributed by atoms with Crippen molar-refractivity contribution in [2.24, 2.45) is 5.84 Å². The molecular formula is C6H10N2O. The lowest BCUT2D eigenvalue weighted by atomic mass is 10.4. The van der Waals surface area contributed by atoms with Crippen LogP contribution in [0.3, 0.4) is 0 Å². The Morgan fingerprint density at radius 1 is 1.78 bits per heavy atom. The van der Waals surface area contributed by atoms with Gasteiger partial charge < -0.3 is 0 Å². The molecule has 50 valence electrons. The molecule has 0 spiro atoms. The molecule has 0 radical (unpaired) electrons. The number of amides is 1. The van der Waals surface area contributed by atoms with E-state index in [2.05, 4.69) is 6.58 Å². The van der Waals surface area contributed by atoms with Gasteiger partial charge in [-0.05, 0) is 0 Å². The third kappa shape index (κ3) is 3.49. The summed E-state index contributed by atoms with van der Waals surface area (Å²) in [7, 11) is 1.48. The van der Waals surface area contributed by atoms with E-state index in [9.17, 15) is 4.79 Å². The van der Waals surface area contributed by atoms with Crippen LogP contribution in [0.1, 0.15) is 0 Å². The van der Waals surface area contributed by atoms with E-state index in [0.717, 1.165) is 5.01 Å². The lowest BCUT2D eigenvalue weighted by Gasteiger charge is -2.03. The number of carbonyl (C=O) groups excluding carboxylic acids is 1. The zero-order valence-corrected chi connectivity index (χ0v) is 5.37. The number of nitrogens with zero attached hydrogens (tertiary/aromatic N) is 1. The number of carbonyl (C=O) groups is 1. The molecule has 0 aliphatic carbocycles. The summed E-state index contributed by atoms with van der Waals surface area (Å²) in [5.41, 5.74) is 0. The van der Waals surface area contributed by atoms with Crippen molar-refractivity contribution in [3.63, 3.8) is 0 Å². The molecule has 3 nitrogen and oxygen atoms in total. The Hall–Kier alpha value is -1.09. The molecule has 0 aromatic heterocycles. The van der Waals surface area contributed by atoms with E-state index >= 15 is 0 Å². The van der Waals surface area contributed by atoms with Crippen LogP contribution in [0.5, 0.6) is 0 Å². The normalized spacial score (nSPS) is 9.56. The number of hydrazine groups is 1. The lowest BCUT2D eigenvalue weighted by molar-refractivity contribution is -0.125. The largest absolute Gasteiger partial charge is 0.280 e. The van der Waals surface area contributed by atoms with E-state index < -0.39 is 0 Å². The molecule has 0 saturated heterocycles. The Bertz CT molecular complexity index is 138. The van der Waals surface area contributed by atoms with E-state index in [-0.39, 0.29) is 5.91 Å². The molecule has 0 aromatic rings. The summed E-state index contributed by atoms with van der Waals surface area (Å²) in [6.45, 7) is 3.39. The molecular weight excluding hydrogens is 116 g/mol. The summed E-state index contributed by atoms with van der Waals surface area (Å²) < 4.78 is 0. The first-order valence-corrected chi connectivity index (χ1v) is 2.50. The Kier molecular flexibility index (Phi) is 3.39. The molecule has 0 rings (SSSR count). The van der Waals surface area contributed by atoms with Crippen LogP contribution in [0.2, 0.25) is 0 Å². The third-order valence-corrected chi connectivity index (χ3v) is 0.723. The van der Waals surface area contributed by atoms with Gasteiger partial charge in [-0.1, -0.05) is 18.7 Å². The van der Waals surface area contributed by atoms with E-state index in [1.165, 1.54) is 25.3 Å². The molecule has 1 amide bonds. The van der Waals surface area contributed by atoms with Gasteiger partial charge in [0.05, 0.1) is 0 Å². The Labute approximate surface area is 54.4 Å². The van der Waals surface area contributed by atoms with E-state index in [4.69, 9.17) is 5.84 Å². The number of rotatable bonds is 2. The summed E-state index contributed by atoms with van der Waals surface area (Å²) >= 11 is 0. The van der Waals surface area contributed by atoms with Gasteiger partial charge in [0.2, 0.25) is 0 Å². The number of hydrogen-bond acceptors (Lipinski definition) is 2. The van der Waals surface area contributed by atoms with Crippen LogP contribution in [0.25, 0.3) is 0 Å². The van der Waals surface area contributed by atoms with Gasteiger partial charge in [-0.25, -0.2) is 5.84 Å². The van der Waals surface area contributed by atoms with Crippen molar-refractivity contribution in [3.8, 4) is 0 Å². The summed E-state index contributed by atoms with van der Waals surface area (Å²) in [5, 5.41) is 1.00. The van der Waals surface area contributed by atoms with E-state index in [0.29, 0.717) is 0 Å². The minimum atomic E-state index is -0.241. The first-order valence-electron chi connectivity index (χ1n) is 2.50. The molecule has 9 heavy (non-hydrogen) atoms. The van der Waals surface area contributed by atoms with Gasteiger partial charge in [0, 0.05) is 13.1 Å². The predicted octanol–water partition coefficient (Wildman–Crippen LogP) is 0.0607. The highest BCUT2D eigenvalue weighted by Crippen LogP contribution is 1.78. The zero-order chi connectivity index (χ0) is 7.28. The van der Waals surface area contributed by atoms with Crippen molar-refractivity contribution < 1.29 is 4.79 Å². The zero-order valence-electron chi connectivity index (χ0n) is 5.37. The highest BCUT2D eigenvalue weighted by Gasteiger charge is 1.94. The minimum Gasteiger partial charge on any atom is -0.280 e.